The monoisotopic (exact) mass is 252 g/mol. The van der Waals surface area contributed by atoms with E-state index in [1.54, 1.807) is 0 Å². The zero-order chi connectivity index (χ0) is 10.3. The van der Waals surface area contributed by atoms with Gasteiger partial charge in [-0.3, -0.25) is 0 Å². The van der Waals surface area contributed by atoms with Crippen molar-refractivity contribution >= 4 is 11.9 Å². The van der Waals surface area contributed by atoms with Crippen LogP contribution in [0.15, 0.2) is 0 Å². The molecule has 6 nitrogen and oxygen atoms in total. The second-order valence-corrected chi connectivity index (χ2v) is 2.03. The normalized spacial score (nSPS) is 10.9. The van der Waals surface area contributed by atoms with Crippen molar-refractivity contribution in [3.8, 4) is 0 Å². The fourth-order valence-electron chi connectivity index (χ4n) is 0. The van der Waals surface area contributed by atoms with Gasteiger partial charge in [0.05, 0.1) is 0 Å². The molecule has 0 saturated carbocycles. The molecule has 78 valence electrons. The average Bonchev–Trinajstić information content (AvgIpc) is 1.88. The van der Waals surface area contributed by atoms with Crippen LogP contribution in [0.4, 0.5) is 0 Å². The fourth-order valence-corrected chi connectivity index (χ4v) is 0. The van der Waals surface area contributed by atoms with Crippen molar-refractivity contribution in [1.29, 1.82) is 0 Å². The van der Waals surface area contributed by atoms with Gasteiger partial charge in [0.1, 0.15) is 12.2 Å². The molecule has 0 amide bonds. The number of aliphatic carboxylic acids is 2. The number of carboxylic acids is 2. The Morgan fingerprint density at radius 1 is 0.867 bits per heavy atom. The Labute approximate surface area is 159 Å². The van der Waals surface area contributed by atoms with E-state index in [4.69, 9.17) is 20.4 Å². The van der Waals surface area contributed by atoms with Crippen molar-refractivity contribution < 1.29 is 123 Å². The van der Waals surface area contributed by atoms with Crippen molar-refractivity contribution in [2.24, 2.45) is 0 Å². The molecule has 0 aliphatic heterocycles. The Morgan fingerprint density at radius 3 is 0.933 bits per heavy atom. The molecule has 0 fully saturated rings. The van der Waals surface area contributed by atoms with Crippen molar-refractivity contribution in [3.05, 3.63) is 0 Å². The topological polar surface area (TPSA) is 115 Å². The Bertz CT molecular complexity index is 155. The maximum atomic E-state index is 9.45. The van der Waals surface area contributed by atoms with E-state index < -0.39 is 24.1 Å². The molecule has 0 spiro atoms. The molecule has 0 aliphatic carbocycles. The summed E-state index contributed by atoms with van der Waals surface area (Å²) in [6, 6.07) is 0. The van der Waals surface area contributed by atoms with Crippen molar-refractivity contribution in [2.75, 3.05) is 0 Å². The smallest absolute Gasteiger partial charge is 1.00 e. The maximum Gasteiger partial charge on any atom is 1.00 e. The van der Waals surface area contributed by atoms with Crippen molar-refractivity contribution in [1.82, 2.24) is 0 Å². The van der Waals surface area contributed by atoms with Crippen LogP contribution in [-0.4, -0.2) is 44.6 Å². The van der Waals surface area contributed by atoms with E-state index in [-0.39, 0.29) is 93.0 Å². The Hall–Kier alpha value is 1.86. The number of hydrogen-bond donors (Lipinski definition) is 4. The molecule has 0 aromatic rings. The summed E-state index contributed by atoms with van der Waals surface area (Å²) in [4.78, 5) is 18.9. The van der Waals surface area contributed by atoms with Gasteiger partial charge in [-0.05, 0) is 13.8 Å². The molecule has 0 aromatic carbocycles. The van der Waals surface area contributed by atoms with E-state index in [1.165, 1.54) is 13.8 Å². The van der Waals surface area contributed by atoms with E-state index in [0.29, 0.717) is 0 Å². The predicted octanol–water partition coefficient (Wildman–Crippen LogP) is -9.75. The molecule has 2 unspecified atom stereocenters. The first kappa shape index (κ1) is 30.2. The molecule has 4 N–H and O–H groups in total. The van der Waals surface area contributed by atoms with Crippen LogP contribution in [0, 0.1) is 0 Å². The minimum absolute atomic E-state index is 0. The summed E-state index contributed by atoms with van der Waals surface area (Å²) in [5, 5.41) is 31.5. The third-order valence-corrected chi connectivity index (χ3v) is 0.715. The van der Waals surface area contributed by atoms with Crippen molar-refractivity contribution in [2.45, 2.75) is 26.1 Å². The Morgan fingerprint density at radius 2 is 0.933 bits per heavy atom. The summed E-state index contributed by atoms with van der Waals surface area (Å²) in [7, 11) is 0. The molecule has 0 radical (unpaired) electrons. The third kappa shape index (κ3) is 31.3. The first-order valence-electron chi connectivity index (χ1n) is 3.10. The van der Waals surface area contributed by atoms with Crippen LogP contribution in [0.1, 0.15) is 18.1 Å². The standard InChI is InChI=1S/2C3H6O3.3Na.3H/c2*1-2(4)3(5)6;;;;;;/h2*2,4H,1H3,(H,5,6);;;;;;/q;;3*+1;3*-1. The number of carboxylic acid groups (broad SMARTS) is 2. The van der Waals surface area contributed by atoms with E-state index >= 15 is 0 Å². The van der Waals surface area contributed by atoms with Gasteiger partial charge in [-0.2, -0.15) is 0 Å². The Kier molecular flexibility index (Phi) is 36.6. The largest absolute Gasteiger partial charge is 1.00 e. The Balaban J connectivity index is -0.0000000139. The molecule has 15 heavy (non-hydrogen) atoms. The van der Waals surface area contributed by atoms with E-state index in [9.17, 15) is 9.59 Å². The summed E-state index contributed by atoms with van der Waals surface area (Å²) in [5.41, 5.74) is 0. The van der Waals surface area contributed by atoms with E-state index in [0.717, 1.165) is 0 Å². The van der Waals surface area contributed by atoms with Crippen LogP contribution >= 0.6 is 0 Å². The summed E-state index contributed by atoms with van der Waals surface area (Å²) < 4.78 is 0. The number of carbonyl (C=O) groups is 2. The van der Waals surface area contributed by atoms with E-state index in [2.05, 4.69) is 0 Å². The quantitative estimate of drug-likeness (QED) is 0.363. The second-order valence-electron chi connectivity index (χ2n) is 2.03. The number of rotatable bonds is 2. The fraction of sp³-hybridized carbons (Fsp3) is 0.667. The van der Waals surface area contributed by atoms with Gasteiger partial charge in [0.15, 0.2) is 0 Å². The van der Waals surface area contributed by atoms with Crippen LogP contribution in [0.5, 0.6) is 0 Å². The van der Waals surface area contributed by atoms with E-state index in [1.807, 2.05) is 0 Å². The van der Waals surface area contributed by atoms with Crippen molar-refractivity contribution in [3.63, 3.8) is 0 Å². The molecule has 0 rings (SSSR count). The van der Waals surface area contributed by atoms with Crippen LogP contribution in [0.25, 0.3) is 0 Å². The minimum atomic E-state index is -1.23. The summed E-state index contributed by atoms with van der Waals surface area (Å²) in [5.74, 6) is -2.37. The number of hydrogen-bond acceptors (Lipinski definition) is 4. The van der Waals surface area contributed by atoms with Gasteiger partial charge in [-0.1, -0.05) is 0 Å². The average molecular weight is 252 g/mol. The molecule has 0 heterocycles. The number of aliphatic hydroxyl groups excluding tert-OH is 2. The van der Waals surface area contributed by atoms with Gasteiger partial charge in [0.25, 0.3) is 0 Å². The van der Waals surface area contributed by atoms with Crippen LogP contribution in [0.2, 0.25) is 0 Å². The number of aliphatic hydroxyl groups is 2. The molecule has 9 heteroatoms. The van der Waals surface area contributed by atoms with Gasteiger partial charge >= 0.3 is 101 Å². The molecular weight excluding hydrogens is 237 g/mol. The van der Waals surface area contributed by atoms with Gasteiger partial charge in [0, 0.05) is 0 Å². The summed E-state index contributed by atoms with van der Waals surface area (Å²) in [6.07, 6.45) is -2.46. The molecule has 0 bridgehead atoms. The van der Waals surface area contributed by atoms with Gasteiger partial charge in [-0.15, -0.1) is 0 Å². The van der Waals surface area contributed by atoms with Gasteiger partial charge < -0.3 is 24.7 Å². The molecule has 0 aliphatic rings. The summed E-state index contributed by atoms with van der Waals surface area (Å²) >= 11 is 0. The first-order valence-corrected chi connectivity index (χ1v) is 3.10. The zero-order valence-corrected chi connectivity index (χ0v) is 15.8. The molecule has 2 atom stereocenters. The SMILES string of the molecule is CC(O)C(=O)O.CC(O)C(=O)O.[H-].[H-].[H-].[Na+].[Na+].[Na+]. The van der Waals surface area contributed by atoms with Gasteiger partial charge in [0.2, 0.25) is 0 Å². The second kappa shape index (κ2) is 18.2. The van der Waals surface area contributed by atoms with Crippen LogP contribution in [-0.2, 0) is 9.59 Å². The van der Waals surface area contributed by atoms with Gasteiger partial charge in [-0.25, -0.2) is 9.59 Å². The first-order chi connectivity index (χ1) is 5.29. The maximum absolute atomic E-state index is 9.45. The molecular formula is C6H15Na3O6. The molecule has 0 saturated heterocycles. The van der Waals surface area contributed by atoms with Crippen LogP contribution in [0.3, 0.4) is 0 Å². The molecule has 0 aromatic heterocycles. The minimum Gasteiger partial charge on any atom is -1.00 e. The zero-order valence-electron chi connectivity index (χ0n) is 12.8. The van der Waals surface area contributed by atoms with Crippen LogP contribution < -0.4 is 88.7 Å². The summed E-state index contributed by atoms with van der Waals surface area (Å²) in [6.45, 7) is 2.39. The predicted molar refractivity (Wildman–Crippen MR) is 42.0 cm³/mol. The third-order valence-electron chi connectivity index (χ3n) is 0.715.